The summed E-state index contributed by atoms with van der Waals surface area (Å²) < 4.78 is 5.13. The van der Waals surface area contributed by atoms with E-state index < -0.39 is 5.54 Å². The van der Waals surface area contributed by atoms with Crippen molar-refractivity contribution in [3.8, 4) is 5.75 Å². The molecule has 0 atom stereocenters. The minimum absolute atomic E-state index is 0.173. The first kappa shape index (κ1) is 15.3. The van der Waals surface area contributed by atoms with Gasteiger partial charge in [0.1, 0.15) is 5.75 Å². The van der Waals surface area contributed by atoms with Gasteiger partial charge < -0.3 is 15.4 Å². The van der Waals surface area contributed by atoms with E-state index in [4.69, 9.17) is 4.74 Å². The third kappa shape index (κ3) is 4.81. The second kappa shape index (κ2) is 5.51. The summed E-state index contributed by atoms with van der Waals surface area (Å²) in [6.45, 7) is 9.79. The van der Waals surface area contributed by atoms with Crippen LogP contribution in [-0.4, -0.2) is 18.7 Å². The van der Waals surface area contributed by atoms with Crippen molar-refractivity contribution in [3.63, 3.8) is 0 Å². The Hall–Kier alpha value is -1.71. The monoisotopic (exact) mass is 264 g/mol. The zero-order valence-corrected chi connectivity index (χ0v) is 12.6. The molecule has 4 heteroatoms. The minimum atomic E-state index is -0.443. The van der Waals surface area contributed by atoms with Gasteiger partial charge in [0.05, 0.1) is 12.6 Å². The third-order valence-corrected chi connectivity index (χ3v) is 2.73. The SMILES string of the molecule is COc1ccc(C(C)(C)NC(=O)NC(C)(C)C)cc1. The van der Waals surface area contributed by atoms with Gasteiger partial charge in [0.2, 0.25) is 0 Å². The molecule has 2 amide bonds. The Morgan fingerprint density at radius 2 is 1.53 bits per heavy atom. The van der Waals surface area contributed by atoms with Crippen LogP contribution in [0.15, 0.2) is 24.3 Å². The van der Waals surface area contributed by atoms with Crippen LogP contribution in [0.5, 0.6) is 5.75 Å². The smallest absolute Gasteiger partial charge is 0.315 e. The van der Waals surface area contributed by atoms with Crippen LogP contribution in [0.1, 0.15) is 40.2 Å². The fourth-order valence-corrected chi connectivity index (χ4v) is 1.74. The van der Waals surface area contributed by atoms with Crippen molar-refractivity contribution in [2.75, 3.05) is 7.11 Å². The summed E-state index contributed by atoms with van der Waals surface area (Å²) in [4.78, 5) is 11.9. The maximum atomic E-state index is 11.9. The number of benzene rings is 1. The van der Waals surface area contributed by atoms with Crippen LogP contribution < -0.4 is 15.4 Å². The molecule has 0 bridgehead atoms. The maximum Gasteiger partial charge on any atom is 0.315 e. The minimum Gasteiger partial charge on any atom is -0.497 e. The highest BCUT2D eigenvalue weighted by molar-refractivity contribution is 5.75. The average Bonchev–Trinajstić information content (AvgIpc) is 2.25. The second-order valence-electron chi connectivity index (χ2n) is 6.18. The molecular formula is C15H24N2O2. The Morgan fingerprint density at radius 1 is 1.00 bits per heavy atom. The molecule has 1 aromatic carbocycles. The molecule has 1 aromatic rings. The lowest BCUT2D eigenvalue weighted by molar-refractivity contribution is 0.221. The Balaban J connectivity index is 2.76. The second-order valence-corrected chi connectivity index (χ2v) is 6.18. The van der Waals surface area contributed by atoms with Crippen LogP contribution in [0.25, 0.3) is 0 Å². The van der Waals surface area contributed by atoms with Gasteiger partial charge in [0.15, 0.2) is 0 Å². The van der Waals surface area contributed by atoms with E-state index in [0.29, 0.717) is 0 Å². The molecular weight excluding hydrogens is 240 g/mol. The summed E-state index contributed by atoms with van der Waals surface area (Å²) in [6, 6.07) is 7.51. The lowest BCUT2D eigenvalue weighted by Gasteiger charge is -2.30. The van der Waals surface area contributed by atoms with Gasteiger partial charge in [-0.15, -0.1) is 0 Å². The highest BCUT2D eigenvalue weighted by Crippen LogP contribution is 2.22. The summed E-state index contributed by atoms with van der Waals surface area (Å²) in [5, 5.41) is 5.87. The number of rotatable bonds is 3. The van der Waals surface area contributed by atoms with Gasteiger partial charge in [0.25, 0.3) is 0 Å². The van der Waals surface area contributed by atoms with E-state index in [2.05, 4.69) is 10.6 Å². The van der Waals surface area contributed by atoms with Crippen molar-refractivity contribution >= 4 is 6.03 Å². The van der Waals surface area contributed by atoms with E-state index in [0.717, 1.165) is 11.3 Å². The summed E-state index contributed by atoms with van der Waals surface area (Å²) in [7, 11) is 1.63. The molecule has 0 spiro atoms. The summed E-state index contributed by atoms with van der Waals surface area (Å²) in [6.07, 6.45) is 0. The number of hydrogen-bond acceptors (Lipinski definition) is 2. The number of urea groups is 1. The molecule has 0 aromatic heterocycles. The first-order valence-corrected chi connectivity index (χ1v) is 6.39. The first-order valence-electron chi connectivity index (χ1n) is 6.39. The molecule has 19 heavy (non-hydrogen) atoms. The van der Waals surface area contributed by atoms with Gasteiger partial charge in [-0.1, -0.05) is 12.1 Å². The molecule has 0 aliphatic rings. The Morgan fingerprint density at radius 3 is 1.95 bits per heavy atom. The molecule has 0 fully saturated rings. The van der Waals surface area contributed by atoms with E-state index in [-0.39, 0.29) is 11.6 Å². The number of nitrogens with one attached hydrogen (secondary N) is 2. The molecule has 4 nitrogen and oxygen atoms in total. The van der Waals surface area contributed by atoms with Crippen LogP contribution in [0.2, 0.25) is 0 Å². The van der Waals surface area contributed by atoms with Gasteiger partial charge in [-0.3, -0.25) is 0 Å². The van der Waals surface area contributed by atoms with Gasteiger partial charge in [-0.25, -0.2) is 4.79 Å². The topological polar surface area (TPSA) is 50.4 Å². The van der Waals surface area contributed by atoms with Crippen molar-refractivity contribution in [2.45, 2.75) is 45.7 Å². The predicted molar refractivity (Wildman–Crippen MR) is 77.4 cm³/mol. The van der Waals surface area contributed by atoms with Crippen molar-refractivity contribution in [1.29, 1.82) is 0 Å². The van der Waals surface area contributed by atoms with Crippen LogP contribution in [0, 0.1) is 0 Å². The van der Waals surface area contributed by atoms with Crippen molar-refractivity contribution in [2.24, 2.45) is 0 Å². The quantitative estimate of drug-likeness (QED) is 0.881. The average molecular weight is 264 g/mol. The largest absolute Gasteiger partial charge is 0.497 e. The molecule has 0 saturated carbocycles. The van der Waals surface area contributed by atoms with Crippen molar-refractivity contribution < 1.29 is 9.53 Å². The van der Waals surface area contributed by atoms with E-state index in [1.807, 2.05) is 58.9 Å². The zero-order chi connectivity index (χ0) is 14.7. The zero-order valence-electron chi connectivity index (χ0n) is 12.6. The molecule has 0 aliphatic carbocycles. The van der Waals surface area contributed by atoms with Crippen LogP contribution in [0.3, 0.4) is 0 Å². The van der Waals surface area contributed by atoms with Crippen molar-refractivity contribution in [3.05, 3.63) is 29.8 Å². The van der Waals surface area contributed by atoms with E-state index in [1.54, 1.807) is 7.11 Å². The standard InChI is InChI=1S/C15H24N2O2/c1-14(2,3)16-13(18)17-15(4,5)11-7-9-12(19-6)10-8-11/h7-10H,1-6H3,(H2,16,17,18). The lowest BCUT2D eigenvalue weighted by atomic mass is 9.94. The van der Waals surface area contributed by atoms with E-state index in [9.17, 15) is 4.79 Å². The normalized spacial score (nSPS) is 11.9. The van der Waals surface area contributed by atoms with Crippen LogP contribution in [0.4, 0.5) is 4.79 Å². The van der Waals surface area contributed by atoms with E-state index in [1.165, 1.54) is 0 Å². The summed E-state index contributed by atoms with van der Waals surface area (Å²) >= 11 is 0. The number of methoxy groups -OCH3 is 1. The highest BCUT2D eigenvalue weighted by Gasteiger charge is 2.24. The molecule has 0 heterocycles. The maximum absolute atomic E-state index is 11.9. The highest BCUT2D eigenvalue weighted by atomic mass is 16.5. The molecule has 0 saturated heterocycles. The fourth-order valence-electron chi connectivity index (χ4n) is 1.74. The van der Waals surface area contributed by atoms with Gasteiger partial charge in [0, 0.05) is 5.54 Å². The first-order chi connectivity index (χ1) is 8.64. The van der Waals surface area contributed by atoms with Gasteiger partial charge >= 0.3 is 6.03 Å². The predicted octanol–water partition coefficient (Wildman–Crippen LogP) is 3.03. The Labute approximate surface area is 115 Å². The van der Waals surface area contributed by atoms with Gasteiger partial charge in [-0.05, 0) is 52.3 Å². The number of carbonyl (C=O) groups is 1. The number of ether oxygens (including phenoxy) is 1. The van der Waals surface area contributed by atoms with Crippen LogP contribution >= 0.6 is 0 Å². The molecule has 0 aliphatic heterocycles. The molecule has 106 valence electrons. The molecule has 2 N–H and O–H groups in total. The summed E-state index contributed by atoms with van der Waals surface area (Å²) in [5.74, 6) is 0.804. The fraction of sp³-hybridized carbons (Fsp3) is 0.533. The third-order valence-electron chi connectivity index (χ3n) is 2.73. The van der Waals surface area contributed by atoms with Crippen LogP contribution in [-0.2, 0) is 5.54 Å². The molecule has 1 rings (SSSR count). The van der Waals surface area contributed by atoms with E-state index >= 15 is 0 Å². The van der Waals surface area contributed by atoms with Gasteiger partial charge in [-0.2, -0.15) is 0 Å². The Kier molecular flexibility index (Phi) is 4.45. The molecule has 0 unspecified atom stereocenters. The lowest BCUT2D eigenvalue weighted by Crippen LogP contribution is -2.52. The molecule has 0 radical (unpaired) electrons. The number of amides is 2. The Bertz CT molecular complexity index is 430. The summed E-state index contributed by atoms with van der Waals surface area (Å²) in [5.41, 5.74) is 0.333. The number of carbonyl (C=O) groups excluding carboxylic acids is 1. The number of hydrogen-bond donors (Lipinski definition) is 2. The van der Waals surface area contributed by atoms with Crippen molar-refractivity contribution in [1.82, 2.24) is 10.6 Å².